The fourth-order valence-corrected chi connectivity index (χ4v) is 2.98. The predicted octanol–water partition coefficient (Wildman–Crippen LogP) is 2.98. The predicted molar refractivity (Wildman–Crippen MR) is 78.0 cm³/mol. The summed E-state index contributed by atoms with van der Waals surface area (Å²) in [6.07, 6.45) is 0. The fraction of sp³-hybridized carbons (Fsp3) is 0.385. The summed E-state index contributed by atoms with van der Waals surface area (Å²) in [5, 5.41) is 7.19. The molecule has 0 saturated heterocycles. The van der Waals surface area contributed by atoms with Crippen LogP contribution in [0.4, 0.5) is 4.39 Å². The van der Waals surface area contributed by atoms with Gasteiger partial charge in [0.15, 0.2) is 5.82 Å². The van der Waals surface area contributed by atoms with Crippen molar-refractivity contribution in [1.82, 2.24) is 14.8 Å². The summed E-state index contributed by atoms with van der Waals surface area (Å²) in [6, 6.07) is 4.39. The average molecular weight is 332 g/mol. The van der Waals surface area contributed by atoms with Crippen LogP contribution < -0.4 is 0 Å². The number of nitrogens with zero attached hydrogens (tertiary/aromatic N) is 3. The summed E-state index contributed by atoms with van der Waals surface area (Å²) in [5.41, 5.74) is 1.17. The number of aryl methyl sites for hydroxylation is 1. The molecule has 1 aromatic carbocycles. The van der Waals surface area contributed by atoms with Gasteiger partial charge in [0.05, 0.1) is 0 Å². The van der Waals surface area contributed by atoms with Crippen LogP contribution in [-0.2, 0) is 15.6 Å². The number of halogens is 2. The molecule has 2 rings (SSSR count). The van der Waals surface area contributed by atoms with Crippen molar-refractivity contribution in [3.8, 4) is 11.4 Å². The van der Waals surface area contributed by atoms with Gasteiger partial charge in [-0.1, -0.05) is 13.8 Å². The van der Waals surface area contributed by atoms with Gasteiger partial charge in [0.1, 0.15) is 5.82 Å². The molecule has 0 saturated carbocycles. The van der Waals surface area contributed by atoms with Gasteiger partial charge >= 0.3 is 0 Å². The van der Waals surface area contributed by atoms with Gasteiger partial charge in [-0.25, -0.2) is 12.8 Å². The van der Waals surface area contributed by atoms with Crippen molar-refractivity contribution in [2.24, 2.45) is 5.92 Å². The second kappa shape index (κ2) is 5.73. The van der Waals surface area contributed by atoms with Crippen molar-refractivity contribution in [2.75, 3.05) is 0 Å². The van der Waals surface area contributed by atoms with Gasteiger partial charge in [-0.05, 0) is 36.6 Å². The zero-order chi connectivity index (χ0) is 15.8. The van der Waals surface area contributed by atoms with Gasteiger partial charge in [-0.3, -0.25) is 4.57 Å². The molecule has 0 bridgehead atoms. The third kappa shape index (κ3) is 3.59. The lowest BCUT2D eigenvalue weighted by molar-refractivity contribution is 0.488. The molecular formula is C13H15ClFN3O2S. The normalized spacial score (nSPS) is 12.1. The van der Waals surface area contributed by atoms with Crippen molar-refractivity contribution in [1.29, 1.82) is 0 Å². The first kappa shape index (κ1) is 15.9. The Bertz CT molecular complexity index is 751. The average Bonchev–Trinajstić information content (AvgIpc) is 2.69. The zero-order valence-corrected chi connectivity index (χ0v) is 13.4. The summed E-state index contributed by atoms with van der Waals surface area (Å²) in [7, 11) is 1.37. The Morgan fingerprint density at radius 2 is 1.95 bits per heavy atom. The second-order valence-electron chi connectivity index (χ2n) is 5.27. The minimum atomic E-state index is -4.02. The van der Waals surface area contributed by atoms with Crippen LogP contribution in [0.3, 0.4) is 0 Å². The third-order valence-corrected chi connectivity index (χ3v) is 3.94. The molecule has 0 fully saturated rings. The molecule has 0 radical (unpaired) electrons. The van der Waals surface area contributed by atoms with E-state index in [-0.39, 0.29) is 16.9 Å². The smallest absolute Gasteiger partial charge is 0.296 e. The van der Waals surface area contributed by atoms with Crippen molar-refractivity contribution in [3.63, 3.8) is 0 Å². The largest absolute Gasteiger partial charge is 0.297 e. The van der Waals surface area contributed by atoms with Gasteiger partial charge < -0.3 is 0 Å². The van der Waals surface area contributed by atoms with E-state index < -0.39 is 14.9 Å². The Morgan fingerprint density at radius 1 is 1.29 bits per heavy atom. The lowest BCUT2D eigenvalue weighted by atomic mass is 10.1. The van der Waals surface area contributed by atoms with E-state index in [0.29, 0.717) is 17.7 Å². The number of benzene rings is 1. The molecule has 0 amide bonds. The summed E-state index contributed by atoms with van der Waals surface area (Å²) >= 11 is 0. The fourth-order valence-electron chi connectivity index (χ4n) is 2.08. The van der Waals surface area contributed by atoms with Crippen molar-refractivity contribution in [2.45, 2.75) is 32.5 Å². The summed E-state index contributed by atoms with van der Waals surface area (Å²) < 4.78 is 38.1. The highest BCUT2D eigenvalue weighted by Gasteiger charge is 2.24. The number of hydrogen-bond acceptors (Lipinski definition) is 4. The monoisotopic (exact) mass is 331 g/mol. The van der Waals surface area contributed by atoms with Crippen LogP contribution in [0.1, 0.15) is 19.4 Å². The molecule has 0 aliphatic carbocycles. The van der Waals surface area contributed by atoms with Gasteiger partial charge in [0.25, 0.3) is 14.2 Å². The Hall–Kier alpha value is -1.47. The Kier molecular flexibility index (Phi) is 4.34. The first-order valence-electron chi connectivity index (χ1n) is 6.34. The molecule has 21 heavy (non-hydrogen) atoms. The Balaban J connectivity index is 2.66. The van der Waals surface area contributed by atoms with Crippen LogP contribution in [0.25, 0.3) is 11.4 Å². The quantitative estimate of drug-likeness (QED) is 0.808. The highest BCUT2D eigenvalue weighted by molar-refractivity contribution is 8.13. The SMILES string of the molecule is Cc1cc(F)cc(-c2nnc(S(=O)(=O)Cl)n2CC(C)C)c1. The van der Waals surface area contributed by atoms with Crippen molar-refractivity contribution < 1.29 is 12.8 Å². The minimum Gasteiger partial charge on any atom is -0.297 e. The van der Waals surface area contributed by atoms with E-state index in [2.05, 4.69) is 10.2 Å². The number of hydrogen-bond donors (Lipinski definition) is 0. The van der Waals surface area contributed by atoms with Crippen LogP contribution in [0.15, 0.2) is 23.4 Å². The molecule has 0 unspecified atom stereocenters. The van der Waals surface area contributed by atoms with Crippen LogP contribution in [-0.4, -0.2) is 23.2 Å². The molecule has 0 spiro atoms. The lowest BCUT2D eigenvalue weighted by Crippen LogP contribution is -2.12. The maximum absolute atomic E-state index is 13.5. The molecule has 5 nitrogen and oxygen atoms in total. The molecule has 2 aromatic rings. The third-order valence-electron chi connectivity index (χ3n) is 2.78. The molecule has 0 aliphatic heterocycles. The van der Waals surface area contributed by atoms with Crippen LogP contribution in [0.2, 0.25) is 0 Å². The standard InChI is InChI=1S/C13H15ClFN3O2S/c1-8(2)7-18-12(16-17-13(18)21(14,19)20)10-4-9(3)5-11(15)6-10/h4-6,8H,7H2,1-3H3. The molecule has 1 aromatic heterocycles. The Morgan fingerprint density at radius 3 is 2.48 bits per heavy atom. The molecular weight excluding hydrogens is 317 g/mol. The molecule has 0 N–H and O–H groups in total. The van der Waals surface area contributed by atoms with E-state index in [0.717, 1.165) is 0 Å². The second-order valence-corrected chi connectivity index (χ2v) is 7.73. The topological polar surface area (TPSA) is 64.8 Å². The zero-order valence-electron chi connectivity index (χ0n) is 11.8. The molecule has 114 valence electrons. The summed E-state index contributed by atoms with van der Waals surface area (Å²) in [6.45, 7) is 5.95. The van der Waals surface area contributed by atoms with E-state index >= 15 is 0 Å². The highest BCUT2D eigenvalue weighted by atomic mass is 35.7. The van der Waals surface area contributed by atoms with Crippen molar-refractivity contribution >= 4 is 19.7 Å². The summed E-state index contributed by atoms with van der Waals surface area (Å²) in [4.78, 5) is 0. The first-order chi connectivity index (χ1) is 9.68. The van der Waals surface area contributed by atoms with E-state index in [1.54, 1.807) is 13.0 Å². The van der Waals surface area contributed by atoms with Gasteiger partial charge in [-0.2, -0.15) is 0 Å². The maximum Gasteiger partial charge on any atom is 0.296 e. The number of aromatic nitrogens is 3. The Labute approximate surface area is 127 Å². The van der Waals surface area contributed by atoms with Crippen LogP contribution in [0.5, 0.6) is 0 Å². The van der Waals surface area contributed by atoms with Gasteiger partial charge in [0, 0.05) is 22.8 Å². The first-order valence-corrected chi connectivity index (χ1v) is 8.65. The number of rotatable bonds is 4. The molecule has 0 atom stereocenters. The molecule has 8 heteroatoms. The van der Waals surface area contributed by atoms with Crippen molar-refractivity contribution in [3.05, 3.63) is 29.6 Å². The van der Waals surface area contributed by atoms with E-state index in [9.17, 15) is 12.8 Å². The van der Waals surface area contributed by atoms with E-state index in [1.807, 2.05) is 13.8 Å². The van der Waals surface area contributed by atoms with E-state index in [1.165, 1.54) is 16.7 Å². The van der Waals surface area contributed by atoms with Crippen LogP contribution >= 0.6 is 10.7 Å². The maximum atomic E-state index is 13.5. The summed E-state index contributed by atoms with van der Waals surface area (Å²) in [5.74, 6) is 0.0106. The molecule has 1 heterocycles. The van der Waals surface area contributed by atoms with Gasteiger partial charge in [0.2, 0.25) is 0 Å². The highest BCUT2D eigenvalue weighted by Crippen LogP contribution is 2.25. The van der Waals surface area contributed by atoms with E-state index in [4.69, 9.17) is 10.7 Å². The molecule has 0 aliphatic rings. The lowest BCUT2D eigenvalue weighted by Gasteiger charge is -2.11. The minimum absolute atomic E-state index is 0.145. The van der Waals surface area contributed by atoms with Crippen LogP contribution in [0, 0.1) is 18.7 Å². The van der Waals surface area contributed by atoms with Gasteiger partial charge in [-0.15, -0.1) is 10.2 Å².